The van der Waals surface area contributed by atoms with Crippen molar-refractivity contribution < 1.29 is 8.42 Å². The number of hydrogen-bond acceptors (Lipinski definition) is 4. The van der Waals surface area contributed by atoms with Crippen molar-refractivity contribution in [2.24, 2.45) is 5.92 Å². The van der Waals surface area contributed by atoms with Crippen LogP contribution in [0.5, 0.6) is 0 Å². The average Bonchev–Trinajstić information content (AvgIpc) is 3.13. The van der Waals surface area contributed by atoms with Crippen molar-refractivity contribution in [3.8, 4) is 0 Å². The van der Waals surface area contributed by atoms with E-state index in [4.69, 9.17) is 0 Å². The monoisotopic (exact) mass is 323 g/mol. The van der Waals surface area contributed by atoms with Gasteiger partial charge in [-0.25, -0.2) is 13.4 Å². The Morgan fingerprint density at radius 3 is 2.50 bits per heavy atom. The van der Waals surface area contributed by atoms with Crippen LogP contribution in [0.4, 0.5) is 11.5 Å². The fraction of sp³-hybridized carbons (Fsp3) is 0.688. The lowest BCUT2D eigenvalue weighted by molar-refractivity contribution is 0.563. The highest BCUT2D eigenvalue weighted by atomic mass is 32.2. The van der Waals surface area contributed by atoms with Crippen molar-refractivity contribution in [1.82, 2.24) is 4.98 Å². The molecular weight excluding hydrogens is 298 g/mol. The lowest BCUT2D eigenvalue weighted by Gasteiger charge is -2.18. The first-order chi connectivity index (χ1) is 10.5. The maximum Gasteiger partial charge on any atom is 0.233 e. The van der Waals surface area contributed by atoms with Gasteiger partial charge in [0.1, 0.15) is 5.82 Å². The molecule has 2 heterocycles. The SMILES string of the molecule is Cc1nc(N2CCCC2)ccc1NS(=O)(=O)CC1CCCC1. The molecule has 1 saturated carbocycles. The molecular formula is C16H25N3O2S. The van der Waals surface area contributed by atoms with Crippen LogP contribution in [0.2, 0.25) is 0 Å². The Kier molecular flexibility index (Phi) is 4.57. The van der Waals surface area contributed by atoms with Gasteiger partial charge in [-0.15, -0.1) is 0 Å². The molecule has 22 heavy (non-hydrogen) atoms. The highest BCUT2D eigenvalue weighted by Gasteiger charge is 2.23. The Hall–Kier alpha value is -1.30. The molecule has 1 aromatic rings. The Morgan fingerprint density at radius 1 is 1.18 bits per heavy atom. The van der Waals surface area contributed by atoms with Gasteiger partial charge in [-0.1, -0.05) is 12.8 Å². The molecule has 6 heteroatoms. The minimum absolute atomic E-state index is 0.236. The molecule has 1 N–H and O–H groups in total. The fourth-order valence-corrected chi connectivity index (χ4v) is 5.06. The highest BCUT2D eigenvalue weighted by molar-refractivity contribution is 7.92. The van der Waals surface area contributed by atoms with Gasteiger partial charge in [-0.3, -0.25) is 4.72 Å². The molecule has 0 atom stereocenters. The number of rotatable bonds is 5. The van der Waals surface area contributed by atoms with Crippen LogP contribution in [0.15, 0.2) is 12.1 Å². The quantitative estimate of drug-likeness (QED) is 0.905. The van der Waals surface area contributed by atoms with Crippen molar-refractivity contribution >= 4 is 21.5 Å². The Bertz CT molecular complexity index is 618. The predicted octanol–water partition coefficient (Wildman–Crippen LogP) is 2.92. The molecule has 0 aromatic carbocycles. The van der Waals surface area contributed by atoms with E-state index in [1.807, 2.05) is 19.1 Å². The molecule has 1 aromatic heterocycles. The van der Waals surface area contributed by atoms with Gasteiger partial charge in [0.25, 0.3) is 0 Å². The predicted molar refractivity (Wildman–Crippen MR) is 89.8 cm³/mol. The van der Waals surface area contributed by atoms with E-state index < -0.39 is 10.0 Å². The van der Waals surface area contributed by atoms with E-state index in [-0.39, 0.29) is 5.75 Å². The van der Waals surface area contributed by atoms with Crippen molar-refractivity contribution in [1.29, 1.82) is 0 Å². The van der Waals surface area contributed by atoms with E-state index in [2.05, 4.69) is 14.6 Å². The Balaban J connectivity index is 1.68. The van der Waals surface area contributed by atoms with Crippen molar-refractivity contribution in [2.75, 3.05) is 28.5 Å². The average molecular weight is 323 g/mol. The number of nitrogens with one attached hydrogen (secondary N) is 1. The van der Waals surface area contributed by atoms with Crippen LogP contribution in [-0.2, 0) is 10.0 Å². The Morgan fingerprint density at radius 2 is 1.86 bits per heavy atom. The second-order valence-electron chi connectivity index (χ2n) is 6.53. The van der Waals surface area contributed by atoms with Crippen LogP contribution in [0.1, 0.15) is 44.2 Å². The number of sulfonamides is 1. The first-order valence-corrected chi connectivity index (χ1v) is 9.92. The zero-order valence-corrected chi connectivity index (χ0v) is 14.0. The summed E-state index contributed by atoms with van der Waals surface area (Å²) in [5.74, 6) is 1.50. The molecule has 2 fully saturated rings. The van der Waals surface area contributed by atoms with Crippen LogP contribution in [0.3, 0.4) is 0 Å². The second kappa shape index (κ2) is 6.44. The lowest BCUT2D eigenvalue weighted by Crippen LogP contribution is -2.23. The first-order valence-electron chi connectivity index (χ1n) is 8.26. The third-order valence-electron chi connectivity index (χ3n) is 4.70. The van der Waals surface area contributed by atoms with E-state index in [1.54, 1.807) is 0 Å². The number of pyridine rings is 1. The number of hydrogen-bond donors (Lipinski definition) is 1. The zero-order valence-electron chi connectivity index (χ0n) is 13.2. The number of anilines is 2. The van der Waals surface area contributed by atoms with E-state index in [1.165, 1.54) is 12.8 Å². The van der Waals surface area contributed by atoms with Crippen LogP contribution in [0.25, 0.3) is 0 Å². The second-order valence-corrected chi connectivity index (χ2v) is 8.30. The third kappa shape index (κ3) is 3.72. The molecule has 1 aliphatic heterocycles. The van der Waals surface area contributed by atoms with E-state index in [0.717, 1.165) is 50.3 Å². The molecule has 0 bridgehead atoms. The van der Waals surface area contributed by atoms with E-state index in [0.29, 0.717) is 11.6 Å². The summed E-state index contributed by atoms with van der Waals surface area (Å²) in [7, 11) is -3.28. The van der Waals surface area contributed by atoms with Gasteiger partial charge >= 0.3 is 0 Å². The van der Waals surface area contributed by atoms with Crippen LogP contribution in [0, 0.1) is 12.8 Å². The lowest BCUT2D eigenvalue weighted by atomic mass is 10.1. The molecule has 0 amide bonds. The summed E-state index contributed by atoms with van der Waals surface area (Å²) < 4.78 is 27.3. The molecule has 1 aliphatic carbocycles. The fourth-order valence-electron chi connectivity index (χ4n) is 3.47. The van der Waals surface area contributed by atoms with Crippen molar-refractivity contribution in [3.63, 3.8) is 0 Å². The van der Waals surface area contributed by atoms with Gasteiger partial charge in [0.2, 0.25) is 10.0 Å². The zero-order chi connectivity index (χ0) is 15.6. The molecule has 0 unspecified atom stereocenters. The Labute approximate surface area is 133 Å². The minimum Gasteiger partial charge on any atom is -0.357 e. The topological polar surface area (TPSA) is 62.3 Å². The summed E-state index contributed by atoms with van der Waals surface area (Å²) in [5.41, 5.74) is 1.36. The van der Waals surface area contributed by atoms with Gasteiger partial charge in [0.05, 0.1) is 17.1 Å². The first kappa shape index (κ1) is 15.6. The summed E-state index contributed by atoms with van der Waals surface area (Å²) in [6.07, 6.45) is 6.79. The van der Waals surface area contributed by atoms with Crippen molar-refractivity contribution in [2.45, 2.75) is 45.4 Å². The third-order valence-corrected chi connectivity index (χ3v) is 6.14. The summed E-state index contributed by atoms with van der Waals surface area (Å²) in [4.78, 5) is 6.82. The standard InChI is InChI=1S/C16H25N3O2S/c1-13-15(8-9-16(17-13)19-10-4-5-11-19)18-22(20,21)12-14-6-2-3-7-14/h8-9,14,18H,2-7,10-12H2,1H3. The molecule has 0 radical (unpaired) electrons. The van der Waals surface area contributed by atoms with Gasteiger partial charge in [0.15, 0.2) is 0 Å². The summed E-state index contributed by atoms with van der Waals surface area (Å²) >= 11 is 0. The van der Waals surface area contributed by atoms with Gasteiger partial charge in [0, 0.05) is 13.1 Å². The van der Waals surface area contributed by atoms with Gasteiger partial charge < -0.3 is 4.90 Å². The van der Waals surface area contributed by atoms with E-state index >= 15 is 0 Å². The van der Waals surface area contributed by atoms with Gasteiger partial charge in [-0.2, -0.15) is 0 Å². The molecule has 3 rings (SSSR count). The number of nitrogens with zero attached hydrogens (tertiary/aromatic N) is 2. The molecule has 0 spiro atoms. The number of aryl methyl sites for hydroxylation is 1. The summed E-state index contributed by atoms with van der Waals surface area (Å²) in [5, 5.41) is 0. The minimum atomic E-state index is -3.28. The maximum absolute atomic E-state index is 12.3. The van der Waals surface area contributed by atoms with Crippen LogP contribution >= 0.6 is 0 Å². The normalized spacial score (nSPS) is 19.8. The van der Waals surface area contributed by atoms with Gasteiger partial charge in [-0.05, 0) is 50.7 Å². The largest absolute Gasteiger partial charge is 0.357 e. The highest BCUT2D eigenvalue weighted by Crippen LogP contribution is 2.27. The summed E-state index contributed by atoms with van der Waals surface area (Å²) in [6, 6.07) is 3.77. The smallest absolute Gasteiger partial charge is 0.233 e. The van der Waals surface area contributed by atoms with Crippen molar-refractivity contribution in [3.05, 3.63) is 17.8 Å². The number of aromatic nitrogens is 1. The molecule has 122 valence electrons. The van der Waals surface area contributed by atoms with Crippen LogP contribution < -0.4 is 9.62 Å². The molecule has 2 aliphatic rings. The molecule has 5 nitrogen and oxygen atoms in total. The van der Waals surface area contributed by atoms with Crippen LogP contribution in [-0.4, -0.2) is 32.2 Å². The maximum atomic E-state index is 12.3. The van der Waals surface area contributed by atoms with E-state index in [9.17, 15) is 8.42 Å². The molecule has 1 saturated heterocycles. The summed E-state index contributed by atoms with van der Waals surface area (Å²) in [6.45, 7) is 3.95.